The van der Waals surface area contributed by atoms with Crippen molar-refractivity contribution in [2.75, 3.05) is 19.6 Å². The lowest BCUT2D eigenvalue weighted by molar-refractivity contribution is 0.517. The van der Waals surface area contributed by atoms with Gasteiger partial charge in [0.15, 0.2) is 0 Å². The van der Waals surface area contributed by atoms with Gasteiger partial charge in [0, 0.05) is 13.1 Å². The number of nitrogens with one attached hydrogen (secondary N) is 1. The van der Waals surface area contributed by atoms with Gasteiger partial charge in [-0.1, -0.05) is 33.1 Å². The summed E-state index contributed by atoms with van der Waals surface area (Å²) in [5.41, 5.74) is 5.35. The van der Waals surface area contributed by atoms with Crippen LogP contribution < -0.4 is 11.1 Å². The van der Waals surface area contributed by atoms with E-state index in [9.17, 15) is 0 Å². The third kappa shape index (κ3) is 9.92. The summed E-state index contributed by atoms with van der Waals surface area (Å²) in [5.74, 6) is 0.863. The maximum Gasteiger partial charge on any atom is 0.00745 e. The van der Waals surface area contributed by atoms with Crippen molar-refractivity contribution in [1.82, 2.24) is 5.32 Å². The molecule has 0 heterocycles. The van der Waals surface area contributed by atoms with Gasteiger partial charge >= 0.3 is 0 Å². The molecule has 0 unspecified atom stereocenters. The van der Waals surface area contributed by atoms with Crippen molar-refractivity contribution in [1.29, 1.82) is 0 Å². The highest BCUT2D eigenvalue weighted by molar-refractivity contribution is 4.50. The van der Waals surface area contributed by atoms with E-state index in [4.69, 9.17) is 5.73 Å². The molecule has 2 nitrogen and oxygen atoms in total. The number of rotatable bonds is 8. The van der Waals surface area contributed by atoms with Gasteiger partial charge in [-0.25, -0.2) is 0 Å². The molecule has 74 valence electrons. The molecule has 12 heavy (non-hydrogen) atoms. The highest BCUT2D eigenvalue weighted by atomic mass is 14.9. The first-order chi connectivity index (χ1) is 5.77. The van der Waals surface area contributed by atoms with Crippen molar-refractivity contribution in [3.8, 4) is 0 Å². The molecule has 2 heteroatoms. The Kier molecular flexibility index (Phi) is 8.95. The first-order valence-corrected chi connectivity index (χ1v) is 5.18. The summed E-state index contributed by atoms with van der Waals surface area (Å²) in [4.78, 5) is 0. The SMILES string of the molecule is CC(C)CCCCCNCCN. The molecule has 0 aromatic carbocycles. The van der Waals surface area contributed by atoms with Crippen LogP contribution in [-0.2, 0) is 0 Å². The monoisotopic (exact) mass is 172 g/mol. The minimum atomic E-state index is 0.756. The zero-order valence-electron chi connectivity index (χ0n) is 8.60. The van der Waals surface area contributed by atoms with Gasteiger partial charge in [-0.2, -0.15) is 0 Å². The van der Waals surface area contributed by atoms with Gasteiger partial charge in [0.1, 0.15) is 0 Å². The van der Waals surface area contributed by atoms with Crippen LogP contribution >= 0.6 is 0 Å². The Balaban J connectivity index is 2.82. The molecule has 0 fully saturated rings. The Morgan fingerprint density at radius 3 is 2.42 bits per heavy atom. The van der Waals surface area contributed by atoms with Gasteiger partial charge in [-0.05, 0) is 18.9 Å². The van der Waals surface area contributed by atoms with E-state index < -0.39 is 0 Å². The molecule has 0 rings (SSSR count). The second kappa shape index (κ2) is 9.01. The normalized spacial score (nSPS) is 11.0. The van der Waals surface area contributed by atoms with Gasteiger partial charge in [0.05, 0.1) is 0 Å². The first kappa shape index (κ1) is 11.9. The Hall–Kier alpha value is -0.0800. The van der Waals surface area contributed by atoms with E-state index in [1.165, 1.54) is 25.7 Å². The molecule has 0 aliphatic rings. The lowest BCUT2D eigenvalue weighted by Gasteiger charge is -2.04. The van der Waals surface area contributed by atoms with Crippen LogP contribution in [0.5, 0.6) is 0 Å². The highest BCUT2D eigenvalue weighted by Crippen LogP contribution is 2.07. The predicted molar refractivity (Wildman–Crippen MR) is 55.2 cm³/mol. The maximum absolute atomic E-state index is 5.35. The van der Waals surface area contributed by atoms with Crippen LogP contribution in [0.2, 0.25) is 0 Å². The molecule has 0 radical (unpaired) electrons. The topological polar surface area (TPSA) is 38.0 Å². The zero-order valence-corrected chi connectivity index (χ0v) is 8.60. The first-order valence-electron chi connectivity index (χ1n) is 5.18. The highest BCUT2D eigenvalue weighted by Gasteiger charge is 1.93. The molecule has 0 saturated carbocycles. The van der Waals surface area contributed by atoms with Crippen molar-refractivity contribution in [2.24, 2.45) is 11.7 Å². The van der Waals surface area contributed by atoms with Crippen LogP contribution in [0.25, 0.3) is 0 Å². The largest absolute Gasteiger partial charge is 0.329 e. The van der Waals surface area contributed by atoms with Crippen LogP contribution in [0.4, 0.5) is 0 Å². The molecule has 0 aliphatic heterocycles. The van der Waals surface area contributed by atoms with Gasteiger partial charge in [0.25, 0.3) is 0 Å². The van der Waals surface area contributed by atoms with Crippen LogP contribution in [-0.4, -0.2) is 19.6 Å². The lowest BCUT2D eigenvalue weighted by Crippen LogP contribution is -2.23. The second-order valence-electron chi connectivity index (χ2n) is 3.78. The Bertz CT molecular complexity index is 81.9. The van der Waals surface area contributed by atoms with Gasteiger partial charge in [0.2, 0.25) is 0 Å². The molecular weight excluding hydrogens is 148 g/mol. The average molecular weight is 172 g/mol. The maximum atomic E-state index is 5.35. The molecule has 0 spiro atoms. The summed E-state index contributed by atoms with van der Waals surface area (Å²) in [7, 11) is 0. The quantitative estimate of drug-likeness (QED) is 0.547. The third-order valence-corrected chi connectivity index (χ3v) is 1.96. The molecule has 0 aromatic heterocycles. The van der Waals surface area contributed by atoms with Crippen molar-refractivity contribution in [3.05, 3.63) is 0 Å². The van der Waals surface area contributed by atoms with Gasteiger partial charge < -0.3 is 11.1 Å². The summed E-state index contributed by atoms with van der Waals surface area (Å²) in [5, 5.41) is 3.30. The Labute approximate surface area is 76.9 Å². The molecular formula is C10H24N2. The molecule has 0 bridgehead atoms. The summed E-state index contributed by atoms with van der Waals surface area (Å²) >= 11 is 0. The van der Waals surface area contributed by atoms with Crippen molar-refractivity contribution >= 4 is 0 Å². The summed E-state index contributed by atoms with van der Waals surface area (Å²) < 4.78 is 0. The van der Waals surface area contributed by atoms with E-state index in [1.807, 2.05) is 0 Å². The minimum absolute atomic E-state index is 0.756. The number of unbranched alkanes of at least 4 members (excludes halogenated alkanes) is 2. The van der Waals surface area contributed by atoms with Crippen LogP contribution in [0.15, 0.2) is 0 Å². The standard InChI is InChI=1S/C10H24N2/c1-10(2)6-4-3-5-8-12-9-7-11/h10,12H,3-9,11H2,1-2H3. The molecule has 0 atom stereocenters. The van der Waals surface area contributed by atoms with E-state index in [2.05, 4.69) is 19.2 Å². The second-order valence-corrected chi connectivity index (χ2v) is 3.78. The van der Waals surface area contributed by atoms with Crippen LogP contribution in [0.3, 0.4) is 0 Å². The van der Waals surface area contributed by atoms with E-state index in [-0.39, 0.29) is 0 Å². The van der Waals surface area contributed by atoms with E-state index >= 15 is 0 Å². The zero-order chi connectivity index (χ0) is 9.23. The summed E-state index contributed by atoms with van der Waals surface area (Å²) in [6, 6.07) is 0. The van der Waals surface area contributed by atoms with E-state index in [0.29, 0.717) is 0 Å². The number of nitrogens with two attached hydrogens (primary N) is 1. The Morgan fingerprint density at radius 2 is 1.83 bits per heavy atom. The van der Waals surface area contributed by atoms with E-state index in [0.717, 1.165) is 25.6 Å². The van der Waals surface area contributed by atoms with Crippen LogP contribution in [0.1, 0.15) is 39.5 Å². The van der Waals surface area contributed by atoms with Gasteiger partial charge in [-0.15, -0.1) is 0 Å². The molecule has 0 aliphatic carbocycles. The lowest BCUT2D eigenvalue weighted by atomic mass is 10.1. The summed E-state index contributed by atoms with van der Waals surface area (Å²) in [6.45, 7) is 7.42. The summed E-state index contributed by atoms with van der Waals surface area (Å²) in [6.07, 6.45) is 5.40. The number of hydrogen-bond donors (Lipinski definition) is 2. The van der Waals surface area contributed by atoms with Crippen molar-refractivity contribution < 1.29 is 0 Å². The molecule has 0 saturated heterocycles. The predicted octanol–water partition coefficient (Wildman–Crippen LogP) is 1.75. The van der Waals surface area contributed by atoms with Gasteiger partial charge in [-0.3, -0.25) is 0 Å². The molecule has 0 aromatic rings. The van der Waals surface area contributed by atoms with Crippen molar-refractivity contribution in [3.63, 3.8) is 0 Å². The Morgan fingerprint density at radius 1 is 1.08 bits per heavy atom. The average Bonchev–Trinajstić information content (AvgIpc) is 2.02. The fourth-order valence-electron chi connectivity index (χ4n) is 1.21. The van der Waals surface area contributed by atoms with Crippen molar-refractivity contribution in [2.45, 2.75) is 39.5 Å². The van der Waals surface area contributed by atoms with Crippen LogP contribution in [0, 0.1) is 5.92 Å². The molecule has 0 amide bonds. The number of hydrogen-bond acceptors (Lipinski definition) is 2. The molecule has 3 N–H and O–H groups in total. The third-order valence-electron chi connectivity index (χ3n) is 1.96. The smallest absolute Gasteiger partial charge is 0.00745 e. The fraction of sp³-hybridized carbons (Fsp3) is 1.00. The van der Waals surface area contributed by atoms with E-state index in [1.54, 1.807) is 0 Å². The fourth-order valence-corrected chi connectivity index (χ4v) is 1.21. The minimum Gasteiger partial charge on any atom is -0.329 e.